The van der Waals surface area contributed by atoms with Gasteiger partial charge in [-0.05, 0) is 31.5 Å². The fourth-order valence-corrected chi connectivity index (χ4v) is 1.96. The molecule has 0 radical (unpaired) electrons. The van der Waals surface area contributed by atoms with E-state index in [0.717, 1.165) is 11.8 Å². The van der Waals surface area contributed by atoms with Crippen molar-refractivity contribution >= 4 is 5.78 Å². The van der Waals surface area contributed by atoms with Gasteiger partial charge < -0.3 is 0 Å². The van der Waals surface area contributed by atoms with Gasteiger partial charge in [-0.15, -0.1) is 0 Å². The maximum atomic E-state index is 13.6. The van der Waals surface area contributed by atoms with Crippen LogP contribution in [0.4, 0.5) is 8.78 Å². The Morgan fingerprint density at radius 2 is 1.89 bits per heavy atom. The number of hydrogen-bond donors (Lipinski definition) is 0. The highest BCUT2D eigenvalue weighted by molar-refractivity contribution is 5.97. The molecule has 0 bridgehead atoms. The standard InChI is InChI=1S/C14H14F2N2O/c1-8-4-11(13(16)7-12(8)15)14(19)6-10-5-9(2)17-18(10)3/h4-5,7H,6H2,1-3H3. The van der Waals surface area contributed by atoms with Crippen molar-refractivity contribution in [1.82, 2.24) is 9.78 Å². The van der Waals surface area contributed by atoms with Crippen molar-refractivity contribution in [2.45, 2.75) is 20.3 Å². The lowest BCUT2D eigenvalue weighted by Gasteiger charge is -2.05. The second-order valence-electron chi connectivity index (χ2n) is 4.58. The first kappa shape index (κ1) is 13.4. The highest BCUT2D eigenvalue weighted by atomic mass is 19.1. The van der Waals surface area contributed by atoms with Gasteiger partial charge in [0.25, 0.3) is 0 Å². The minimum Gasteiger partial charge on any atom is -0.294 e. The van der Waals surface area contributed by atoms with Gasteiger partial charge in [-0.3, -0.25) is 9.48 Å². The molecule has 0 saturated carbocycles. The van der Waals surface area contributed by atoms with Crippen LogP contribution in [0.15, 0.2) is 18.2 Å². The number of carbonyl (C=O) groups is 1. The van der Waals surface area contributed by atoms with Crippen molar-refractivity contribution in [3.05, 3.63) is 52.3 Å². The van der Waals surface area contributed by atoms with Crippen LogP contribution in [0.2, 0.25) is 0 Å². The molecular weight excluding hydrogens is 250 g/mol. The fourth-order valence-electron chi connectivity index (χ4n) is 1.96. The van der Waals surface area contributed by atoms with E-state index in [1.807, 2.05) is 6.92 Å². The zero-order chi connectivity index (χ0) is 14.2. The van der Waals surface area contributed by atoms with Gasteiger partial charge in [0.05, 0.1) is 17.7 Å². The summed E-state index contributed by atoms with van der Waals surface area (Å²) in [6.07, 6.45) is 0.0410. The zero-order valence-electron chi connectivity index (χ0n) is 11.0. The molecule has 2 rings (SSSR count). The molecule has 3 nitrogen and oxygen atoms in total. The number of aryl methyl sites for hydroxylation is 3. The molecule has 0 aliphatic rings. The summed E-state index contributed by atoms with van der Waals surface area (Å²) in [4.78, 5) is 12.1. The lowest BCUT2D eigenvalue weighted by molar-refractivity contribution is 0.0986. The summed E-state index contributed by atoms with van der Waals surface area (Å²) in [5.74, 6) is -1.86. The van der Waals surface area contributed by atoms with Gasteiger partial charge in [-0.1, -0.05) is 0 Å². The molecule has 19 heavy (non-hydrogen) atoms. The second-order valence-corrected chi connectivity index (χ2v) is 4.58. The molecule has 0 amide bonds. The predicted molar refractivity (Wildman–Crippen MR) is 67.1 cm³/mol. The Bertz CT molecular complexity index is 647. The van der Waals surface area contributed by atoms with Crippen LogP contribution in [-0.4, -0.2) is 15.6 Å². The number of aromatic nitrogens is 2. The highest BCUT2D eigenvalue weighted by Gasteiger charge is 2.16. The quantitative estimate of drug-likeness (QED) is 0.799. The summed E-state index contributed by atoms with van der Waals surface area (Å²) in [6.45, 7) is 3.32. The van der Waals surface area contributed by atoms with E-state index in [2.05, 4.69) is 5.10 Å². The highest BCUT2D eigenvalue weighted by Crippen LogP contribution is 2.16. The molecule has 5 heteroatoms. The van der Waals surface area contributed by atoms with E-state index in [9.17, 15) is 13.6 Å². The van der Waals surface area contributed by atoms with Crippen LogP contribution in [0.1, 0.15) is 27.3 Å². The molecule has 100 valence electrons. The summed E-state index contributed by atoms with van der Waals surface area (Å²) in [7, 11) is 1.72. The van der Waals surface area contributed by atoms with E-state index in [4.69, 9.17) is 0 Å². The number of rotatable bonds is 3. The number of Topliss-reactive ketones (excluding diaryl/α,β-unsaturated/α-hetero) is 1. The first-order valence-electron chi connectivity index (χ1n) is 5.87. The van der Waals surface area contributed by atoms with E-state index in [1.54, 1.807) is 17.8 Å². The van der Waals surface area contributed by atoms with Gasteiger partial charge in [0, 0.05) is 18.8 Å². The van der Waals surface area contributed by atoms with Crippen LogP contribution in [0.3, 0.4) is 0 Å². The van der Waals surface area contributed by atoms with Crippen LogP contribution >= 0.6 is 0 Å². The Balaban J connectivity index is 2.30. The third-order valence-corrected chi connectivity index (χ3v) is 2.99. The summed E-state index contributed by atoms with van der Waals surface area (Å²) >= 11 is 0. The fraction of sp³-hybridized carbons (Fsp3) is 0.286. The molecule has 1 aromatic heterocycles. The van der Waals surface area contributed by atoms with Crippen LogP contribution in [0.5, 0.6) is 0 Å². The molecule has 1 heterocycles. The molecule has 1 aromatic carbocycles. The Morgan fingerprint density at radius 1 is 1.21 bits per heavy atom. The number of halogens is 2. The summed E-state index contributed by atoms with van der Waals surface area (Å²) in [5.41, 5.74) is 1.66. The van der Waals surface area contributed by atoms with E-state index in [1.165, 1.54) is 13.0 Å². The first-order valence-corrected chi connectivity index (χ1v) is 5.87. The van der Waals surface area contributed by atoms with Crippen LogP contribution in [-0.2, 0) is 13.5 Å². The van der Waals surface area contributed by atoms with Gasteiger partial charge >= 0.3 is 0 Å². The lowest BCUT2D eigenvalue weighted by atomic mass is 10.0. The van der Waals surface area contributed by atoms with Gasteiger partial charge in [0.1, 0.15) is 11.6 Å². The molecule has 0 aliphatic carbocycles. The third-order valence-electron chi connectivity index (χ3n) is 2.99. The largest absolute Gasteiger partial charge is 0.294 e. The molecule has 0 saturated heterocycles. The zero-order valence-corrected chi connectivity index (χ0v) is 11.0. The van der Waals surface area contributed by atoms with E-state index < -0.39 is 11.6 Å². The monoisotopic (exact) mass is 264 g/mol. The number of nitrogens with zero attached hydrogens (tertiary/aromatic N) is 2. The minimum absolute atomic E-state index is 0.0410. The van der Waals surface area contributed by atoms with Crippen molar-refractivity contribution in [2.24, 2.45) is 7.05 Å². The number of ketones is 1. The molecule has 0 unspecified atom stereocenters. The smallest absolute Gasteiger partial charge is 0.171 e. The van der Waals surface area contributed by atoms with Crippen molar-refractivity contribution in [3.8, 4) is 0 Å². The van der Waals surface area contributed by atoms with Crippen LogP contribution in [0.25, 0.3) is 0 Å². The molecule has 2 aromatic rings. The lowest BCUT2D eigenvalue weighted by Crippen LogP contribution is -2.10. The topological polar surface area (TPSA) is 34.9 Å². The average Bonchev–Trinajstić information content (AvgIpc) is 2.62. The molecule has 0 fully saturated rings. The average molecular weight is 264 g/mol. The second kappa shape index (κ2) is 4.91. The predicted octanol–water partition coefficient (Wildman–Crippen LogP) is 2.74. The van der Waals surface area contributed by atoms with Crippen LogP contribution < -0.4 is 0 Å². The molecule has 0 atom stereocenters. The van der Waals surface area contributed by atoms with Crippen molar-refractivity contribution in [3.63, 3.8) is 0 Å². The van der Waals surface area contributed by atoms with Crippen LogP contribution in [0, 0.1) is 25.5 Å². The Labute approximate surface area is 109 Å². The van der Waals surface area contributed by atoms with Gasteiger partial charge in [-0.2, -0.15) is 5.10 Å². The van der Waals surface area contributed by atoms with Gasteiger partial charge in [-0.25, -0.2) is 8.78 Å². The summed E-state index contributed by atoms with van der Waals surface area (Å²) < 4.78 is 28.3. The van der Waals surface area contributed by atoms with E-state index >= 15 is 0 Å². The molecule has 0 N–H and O–H groups in total. The maximum absolute atomic E-state index is 13.6. The van der Waals surface area contributed by atoms with E-state index in [0.29, 0.717) is 5.69 Å². The Kier molecular flexibility index (Phi) is 3.46. The molecule has 0 spiro atoms. The SMILES string of the molecule is Cc1cc(CC(=O)c2cc(C)c(F)cc2F)n(C)n1. The van der Waals surface area contributed by atoms with E-state index in [-0.39, 0.29) is 23.3 Å². The third kappa shape index (κ3) is 2.70. The number of benzene rings is 1. The van der Waals surface area contributed by atoms with Gasteiger partial charge in [0.15, 0.2) is 5.78 Å². The normalized spacial score (nSPS) is 10.8. The Morgan fingerprint density at radius 3 is 2.47 bits per heavy atom. The van der Waals surface area contributed by atoms with Gasteiger partial charge in [0.2, 0.25) is 0 Å². The molecular formula is C14H14F2N2O. The van der Waals surface area contributed by atoms with Crippen molar-refractivity contribution in [1.29, 1.82) is 0 Å². The van der Waals surface area contributed by atoms with Crippen molar-refractivity contribution < 1.29 is 13.6 Å². The summed E-state index contributed by atoms with van der Waals surface area (Å²) in [5, 5.41) is 4.12. The number of carbonyl (C=O) groups excluding carboxylic acids is 1. The minimum atomic E-state index is -0.827. The first-order chi connectivity index (χ1) is 8.88. The maximum Gasteiger partial charge on any atom is 0.171 e. The summed E-state index contributed by atoms with van der Waals surface area (Å²) in [6, 6.07) is 3.76. The number of hydrogen-bond acceptors (Lipinski definition) is 2. The Hall–Kier alpha value is -2.04. The molecule has 0 aliphatic heterocycles. The van der Waals surface area contributed by atoms with Crippen molar-refractivity contribution in [2.75, 3.05) is 0 Å².